The van der Waals surface area contributed by atoms with Crippen LogP contribution in [-0.4, -0.2) is 47.1 Å². The van der Waals surface area contributed by atoms with Crippen LogP contribution in [0.3, 0.4) is 0 Å². The van der Waals surface area contributed by atoms with Crippen molar-refractivity contribution in [3.05, 3.63) is 68.7 Å². The third-order valence-electron chi connectivity index (χ3n) is 3.97. The molecule has 1 aliphatic rings. The Hall–Kier alpha value is -2.55. The summed E-state index contributed by atoms with van der Waals surface area (Å²) >= 11 is 11.6. The first-order chi connectivity index (χ1) is 13.0. The smallest absolute Gasteiger partial charge is 0.343 e. The highest BCUT2D eigenvalue weighted by atomic mass is 35.5. The van der Waals surface area contributed by atoms with E-state index in [9.17, 15) is 14.9 Å². The van der Waals surface area contributed by atoms with E-state index in [-0.39, 0.29) is 17.0 Å². The third kappa shape index (κ3) is 4.60. The maximum absolute atomic E-state index is 12.5. The fourth-order valence-electron chi connectivity index (χ4n) is 2.60. The minimum absolute atomic E-state index is 0.0717. The van der Waals surface area contributed by atoms with Crippen molar-refractivity contribution in [2.45, 2.75) is 0 Å². The fourth-order valence-corrected chi connectivity index (χ4v) is 3.11. The van der Waals surface area contributed by atoms with Gasteiger partial charge in [0.15, 0.2) is 0 Å². The average molecular weight is 407 g/mol. The molecule has 1 saturated heterocycles. The number of thiocarbonyl (C=S) groups is 1. The molecular formula is C18H15ClN2O5S. The first-order valence-electron chi connectivity index (χ1n) is 8.09. The number of ether oxygens (including phenoxy) is 2. The Morgan fingerprint density at radius 1 is 1.22 bits per heavy atom. The Kier molecular flexibility index (Phi) is 6.00. The van der Waals surface area contributed by atoms with E-state index >= 15 is 0 Å². The lowest BCUT2D eigenvalue weighted by molar-refractivity contribution is -0.384. The molecule has 2 aromatic rings. The number of morpholine rings is 1. The fraction of sp³-hybridized carbons (Fsp3) is 0.222. The van der Waals surface area contributed by atoms with Crippen LogP contribution >= 0.6 is 23.8 Å². The lowest BCUT2D eigenvalue weighted by Crippen LogP contribution is -2.40. The van der Waals surface area contributed by atoms with Crippen LogP contribution in [0.4, 0.5) is 5.69 Å². The summed E-state index contributed by atoms with van der Waals surface area (Å²) in [6, 6.07) is 10.1. The number of benzene rings is 2. The Labute approximate surface area is 165 Å². The van der Waals surface area contributed by atoms with E-state index in [1.165, 1.54) is 18.2 Å². The lowest BCUT2D eigenvalue weighted by Gasteiger charge is -2.29. The first-order valence-corrected chi connectivity index (χ1v) is 8.87. The molecule has 0 aliphatic carbocycles. The van der Waals surface area contributed by atoms with Gasteiger partial charge >= 0.3 is 5.97 Å². The van der Waals surface area contributed by atoms with Crippen LogP contribution in [-0.2, 0) is 4.74 Å². The van der Waals surface area contributed by atoms with Crippen molar-refractivity contribution < 1.29 is 19.2 Å². The second-order valence-corrected chi connectivity index (χ2v) is 6.57. The number of rotatable bonds is 4. The molecular weight excluding hydrogens is 392 g/mol. The highest BCUT2D eigenvalue weighted by Crippen LogP contribution is 2.27. The second kappa shape index (κ2) is 8.43. The molecule has 0 spiro atoms. The van der Waals surface area contributed by atoms with Gasteiger partial charge in [-0.3, -0.25) is 10.1 Å². The van der Waals surface area contributed by atoms with E-state index in [0.717, 1.165) is 6.07 Å². The van der Waals surface area contributed by atoms with Crippen LogP contribution in [0, 0.1) is 10.1 Å². The predicted molar refractivity (Wildman–Crippen MR) is 104 cm³/mol. The van der Waals surface area contributed by atoms with Crippen molar-refractivity contribution >= 4 is 40.5 Å². The van der Waals surface area contributed by atoms with Crippen LogP contribution in [0.25, 0.3) is 0 Å². The predicted octanol–water partition coefficient (Wildman–Crippen LogP) is 3.48. The number of carbonyl (C=O) groups excluding carboxylic acids is 1. The molecule has 2 aromatic carbocycles. The molecule has 0 bridgehead atoms. The molecule has 0 aromatic heterocycles. The van der Waals surface area contributed by atoms with Crippen molar-refractivity contribution in [1.29, 1.82) is 0 Å². The molecule has 0 atom stereocenters. The summed E-state index contributed by atoms with van der Waals surface area (Å²) < 4.78 is 10.8. The van der Waals surface area contributed by atoms with Gasteiger partial charge < -0.3 is 14.4 Å². The number of hydrogen-bond donors (Lipinski definition) is 0. The topological polar surface area (TPSA) is 81.9 Å². The zero-order valence-electron chi connectivity index (χ0n) is 14.1. The van der Waals surface area contributed by atoms with Gasteiger partial charge in [-0.25, -0.2) is 4.79 Å². The molecule has 7 nitrogen and oxygen atoms in total. The molecule has 1 heterocycles. The first kappa shape index (κ1) is 19.2. The van der Waals surface area contributed by atoms with Gasteiger partial charge in [0, 0.05) is 30.2 Å². The number of hydrogen-bond acceptors (Lipinski definition) is 6. The van der Waals surface area contributed by atoms with Crippen LogP contribution < -0.4 is 4.74 Å². The maximum Gasteiger partial charge on any atom is 0.343 e. The number of nitro groups is 1. The van der Waals surface area contributed by atoms with Gasteiger partial charge in [-0.05, 0) is 24.3 Å². The molecule has 0 unspecified atom stereocenters. The number of halogens is 1. The van der Waals surface area contributed by atoms with Crippen LogP contribution in [0.1, 0.15) is 15.9 Å². The highest BCUT2D eigenvalue weighted by Gasteiger charge is 2.21. The quantitative estimate of drug-likeness (QED) is 0.253. The Bertz CT molecular complexity index is 899. The largest absolute Gasteiger partial charge is 0.422 e. The van der Waals surface area contributed by atoms with Crippen LogP contribution in [0.15, 0.2) is 42.5 Å². The Morgan fingerprint density at radius 3 is 2.67 bits per heavy atom. The zero-order chi connectivity index (χ0) is 19.4. The summed E-state index contributed by atoms with van der Waals surface area (Å²) in [5, 5.41) is 11.4. The Morgan fingerprint density at radius 2 is 1.96 bits per heavy atom. The molecule has 1 aliphatic heterocycles. The molecule has 27 heavy (non-hydrogen) atoms. The van der Waals surface area contributed by atoms with Crippen molar-refractivity contribution in [2.24, 2.45) is 0 Å². The molecule has 0 radical (unpaired) electrons. The number of esters is 1. The monoisotopic (exact) mass is 406 g/mol. The van der Waals surface area contributed by atoms with Gasteiger partial charge in [-0.2, -0.15) is 0 Å². The maximum atomic E-state index is 12.5. The zero-order valence-corrected chi connectivity index (χ0v) is 15.7. The van der Waals surface area contributed by atoms with Gasteiger partial charge in [-0.1, -0.05) is 29.9 Å². The summed E-state index contributed by atoms with van der Waals surface area (Å²) in [6.45, 7) is 2.38. The van der Waals surface area contributed by atoms with E-state index in [4.69, 9.17) is 33.3 Å². The molecule has 0 N–H and O–H groups in total. The van der Waals surface area contributed by atoms with E-state index in [1.54, 1.807) is 18.2 Å². The normalized spacial score (nSPS) is 13.9. The summed E-state index contributed by atoms with van der Waals surface area (Å²) in [4.78, 5) is 25.3. The van der Waals surface area contributed by atoms with Gasteiger partial charge in [0.05, 0.1) is 29.3 Å². The number of nitro benzene ring substituents is 1. The summed E-state index contributed by atoms with van der Waals surface area (Å²) in [6.07, 6.45) is 0. The van der Waals surface area contributed by atoms with Gasteiger partial charge in [0.2, 0.25) is 0 Å². The SMILES string of the molecule is O=C(Oc1ccc(Cl)cc1C(=S)N1CCOCC1)c1cccc([N+](=O)[O-])c1. The lowest BCUT2D eigenvalue weighted by atomic mass is 10.1. The minimum Gasteiger partial charge on any atom is -0.422 e. The van der Waals surface area contributed by atoms with Gasteiger partial charge in [-0.15, -0.1) is 0 Å². The second-order valence-electron chi connectivity index (χ2n) is 5.74. The Balaban J connectivity index is 1.86. The van der Waals surface area contributed by atoms with Crippen molar-refractivity contribution in [2.75, 3.05) is 26.3 Å². The molecule has 140 valence electrons. The van der Waals surface area contributed by atoms with E-state index in [2.05, 4.69) is 0 Å². The van der Waals surface area contributed by atoms with E-state index in [0.29, 0.717) is 41.9 Å². The number of nitrogens with zero attached hydrogens (tertiary/aromatic N) is 2. The van der Waals surface area contributed by atoms with Crippen LogP contribution in [0.2, 0.25) is 5.02 Å². The van der Waals surface area contributed by atoms with Gasteiger partial charge in [0.25, 0.3) is 5.69 Å². The number of carbonyl (C=O) groups is 1. The molecule has 9 heteroatoms. The molecule has 3 rings (SSSR count). The summed E-state index contributed by atoms with van der Waals surface area (Å²) in [5.74, 6) is -0.473. The average Bonchev–Trinajstić information content (AvgIpc) is 2.69. The summed E-state index contributed by atoms with van der Waals surface area (Å²) in [5.41, 5.74) is 0.394. The molecule has 0 saturated carbocycles. The van der Waals surface area contributed by atoms with E-state index in [1.807, 2.05) is 4.90 Å². The van der Waals surface area contributed by atoms with Crippen molar-refractivity contribution in [3.8, 4) is 5.75 Å². The highest BCUT2D eigenvalue weighted by molar-refractivity contribution is 7.80. The summed E-state index contributed by atoms with van der Waals surface area (Å²) in [7, 11) is 0. The molecule has 0 amide bonds. The van der Waals surface area contributed by atoms with Crippen molar-refractivity contribution in [1.82, 2.24) is 4.90 Å². The number of non-ortho nitro benzene ring substituents is 1. The minimum atomic E-state index is -0.716. The third-order valence-corrected chi connectivity index (χ3v) is 4.68. The van der Waals surface area contributed by atoms with Crippen LogP contribution in [0.5, 0.6) is 5.75 Å². The van der Waals surface area contributed by atoms with Crippen molar-refractivity contribution in [3.63, 3.8) is 0 Å². The van der Waals surface area contributed by atoms with E-state index < -0.39 is 10.9 Å². The van der Waals surface area contributed by atoms with Gasteiger partial charge in [0.1, 0.15) is 10.7 Å². The standard InChI is InChI=1S/C18H15ClN2O5S/c19-13-4-5-16(15(11-13)17(27)20-6-8-25-9-7-20)26-18(22)12-2-1-3-14(10-12)21(23)24/h1-5,10-11H,6-9H2. The molecule has 1 fully saturated rings.